The number of ether oxygens (including phenoxy) is 1. The maximum absolute atomic E-state index is 10.8. The molecule has 2 rings (SSSR count). The molecule has 0 bridgehead atoms. The molecule has 0 aliphatic heterocycles. The van der Waals surface area contributed by atoms with E-state index in [4.69, 9.17) is 9.84 Å². The van der Waals surface area contributed by atoms with E-state index in [2.05, 4.69) is 15.2 Å². The van der Waals surface area contributed by atoms with Gasteiger partial charge >= 0.3 is 11.7 Å². The van der Waals surface area contributed by atoms with Crippen LogP contribution in [0.25, 0.3) is 11.4 Å². The van der Waals surface area contributed by atoms with Crippen LogP contribution in [-0.4, -0.2) is 38.3 Å². The van der Waals surface area contributed by atoms with Crippen LogP contribution >= 0.6 is 0 Å². The Morgan fingerprint density at radius 3 is 2.90 bits per heavy atom. The molecule has 0 unspecified atom stereocenters. The summed E-state index contributed by atoms with van der Waals surface area (Å²) in [6, 6.07) is 4.17. The molecule has 2 N–H and O–H groups in total. The first-order valence-electron chi connectivity index (χ1n) is 5.47. The van der Waals surface area contributed by atoms with Crippen molar-refractivity contribution in [1.29, 1.82) is 0 Å². The predicted octanol–water partition coefficient (Wildman–Crippen LogP) is 1.02. The van der Waals surface area contributed by atoms with Crippen LogP contribution in [0.1, 0.15) is 5.82 Å². The fraction of sp³-hybridized carbons (Fsp3) is 0.182. The molecule has 1 aromatic heterocycles. The van der Waals surface area contributed by atoms with Gasteiger partial charge in [0.05, 0.1) is 12.0 Å². The van der Waals surface area contributed by atoms with Gasteiger partial charge in [0.1, 0.15) is 12.2 Å². The third kappa shape index (κ3) is 2.71. The van der Waals surface area contributed by atoms with Gasteiger partial charge in [0, 0.05) is 11.6 Å². The topological polar surface area (TPSA) is 131 Å². The van der Waals surface area contributed by atoms with E-state index in [1.54, 1.807) is 0 Å². The summed E-state index contributed by atoms with van der Waals surface area (Å²) in [5, 5.41) is 25.8. The highest BCUT2D eigenvalue weighted by atomic mass is 16.6. The number of nitro benzene ring substituents is 1. The average molecular weight is 278 g/mol. The van der Waals surface area contributed by atoms with Crippen molar-refractivity contribution in [2.24, 2.45) is 0 Å². The van der Waals surface area contributed by atoms with E-state index in [0.717, 1.165) is 0 Å². The number of aliphatic carboxylic acids is 1. The van der Waals surface area contributed by atoms with Crippen molar-refractivity contribution in [2.75, 3.05) is 7.11 Å². The van der Waals surface area contributed by atoms with Crippen molar-refractivity contribution in [2.45, 2.75) is 6.42 Å². The Kier molecular flexibility index (Phi) is 3.60. The maximum atomic E-state index is 10.8. The summed E-state index contributed by atoms with van der Waals surface area (Å²) in [6.45, 7) is 0. The molecule has 0 amide bonds. The zero-order chi connectivity index (χ0) is 14.7. The van der Waals surface area contributed by atoms with Crippen LogP contribution in [-0.2, 0) is 11.2 Å². The molecule has 104 valence electrons. The number of aromatic amines is 1. The Hall–Kier alpha value is -2.97. The van der Waals surface area contributed by atoms with Crippen LogP contribution in [0.3, 0.4) is 0 Å². The molecule has 20 heavy (non-hydrogen) atoms. The molecule has 1 aromatic carbocycles. The molecule has 0 spiro atoms. The molecule has 0 atom stereocenters. The highest BCUT2D eigenvalue weighted by Crippen LogP contribution is 2.30. The summed E-state index contributed by atoms with van der Waals surface area (Å²) >= 11 is 0. The fourth-order valence-corrected chi connectivity index (χ4v) is 1.61. The highest BCUT2D eigenvalue weighted by molar-refractivity contribution is 5.69. The van der Waals surface area contributed by atoms with Gasteiger partial charge in [-0.15, -0.1) is 0 Å². The second kappa shape index (κ2) is 5.34. The quantitative estimate of drug-likeness (QED) is 0.616. The summed E-state index contributed by atoms with van der Waals surface area (Å²) in [5.74, 6) is -0.509. The molecule has 2 aromatic rings. The van der Waals surface area contributed by atoms with Gasteiger partial charge in [-0.05, 0) is 12.1 Å². The summed E-state index contributed by atoms with van der Waals surface area (Å²) in [4.78, 5) is 24.8. The van der Waals surface area contributed by atoms with Crippen LogP contribution in [0, 0.1) is 10.1 Å². The van der Waals surface area contributed by atoms with Crippen molar-refractivity contribution in [3.8, 4) is 17.1 Å². The summed E-state index contributed by atoms with van der Waals surface area (Å²) < 4.78 is 4.94. The summed E-state index contributed by atoms with van der Waals surface area (Å²) in [6.07, 6.45) is -0.281. The number of H-pyrrole nitrogens is 1. The van der Waals surface area contributed by atoms with Crippen LogP contribution in [0.4, 0.5) is 5.69 Å². The SMILES string of the molecule is COc1cc(-c2n[nH]c(CC(=O)O)n2)ccc1[N+](=O)[O-]. The summed E-state index contributed by atoms with van der Waals surface area (Å²) in [7, 11) is 1.32. The molecule has 0 fully saturated rings. The van der Waals surface area contributed by atoms with E-state index >= 15 is 0 Å². The van der Waals surface area contributed by atoms with Crippen molar-refractivity contribution in [3.05, 3.63) is 34.1 Å². The number of hydrogen-bond acceptors (Lipinski definition) is 6. The number of benzene rings is 1. The van der Waals surface area contributed by atoms with Crippen LogP contribution in [0.5, 0.6) is 5.75 Å². The van der Waals surface area contributed by atoms with Gasteiger partial charge in [-0.25, -0.2) is 4.98 Å². The first-order chi connectivity index (χ1) is 9.51. The van der Waals surface area contributed by atoms with E-state index in [1.165, 1.54) is 25.3 Å². The van der Waals surface area contributed by atoms with Gasteiger partial charge < -0.3 is 9.84 Å². The number of aromatic nitrogens is 3. The molecular weight excluding hydrogens is 268 g/mol. The molecule has 0 saturated carbocycles. The van der Waals surface area contributed by atoms with E-state index in [0.29, 0.717) is 5.56 Å². The maximum Gasteiger partial charge on any atom is 0.311 e. The van der Waals surface area contributed by atoms with E-state index in [9.17, 15) is 14.9 Å². The van der Waals surface area contributed by atoms with Crippen LogP contribution in [0.15, 0.2) is 18.2 Å². The number of nitro groups is 1. The molecule has 9 heteroatoms. The highest BCUT2D eigenvalue weighted by Gasteiger charge is 2.17. The minimum atomic E-state index is -1.03. The lowest BCUT2D eigenvalue weighted by Crippen LogP contribution is -2.01. The number of nitrogens with zero attached hydrogens (tertiary/aromatic N) is 3. The summed E-state index contributed by atoms with van der Waals surface area (Å²) in [5.41, 5.74) is 0.317. The van der Waals surface area contributed by atoms with Gasteiger partial charge in [-0.1, -0.05) is 0 Å². The average Bonchev–Trinajstić information content (AvgIpc) is 2.85. The van der Waals surface area contributed by atoms with E-state index in [1.807, 2.05) is 0 Å². The number of carboxylic acids is 1. The number of carbonyl (C=O) groups is 1. The third-order valence-corrected chi connectivity index (χ3v) is 2.49. The van der Waals surface area contributed by atoms with Gasteiger partial charge in [0.25, 0.3) is 0 Å². The third-order valence-electron chi connectivity index (χ3n) is 2.49. The van der Waals surface area contributed by atoms with Crippen molar-refractivity contribution < 1.29 is 19.6 Å². The molecular formula is C11H10N4O5. The Morgan fingerprint density at radius 2 is 2.30 bits per heavy atom. The lowest BCUT2D eigenvalue weighted by atomic mass is 10.2. The van der Waals surface area contributed by atoms with Crippen molar-refractivity contribution in [1.82, 2.24) is 15.2 Å². The lowest BCUT2D eigenvalue weighted by Gasteiger charge is -2.02. The van der Waals surface area contributed by atoms with Gasteiger partial charge in [0.15, 0.2) is 11.6 Å². The van der Waals surface area contributed by atoms with Gasteiger partial charge in [-0.2, -0.15) is 5.10 Å². The Bertz CT molecular complexity index is 667. The number of carboxylic acid groups (broad SMARTS) is 1. The standard InChI is InChI=1S/C11H10N4O5/c1-20-8-4-6(2-3-7(8)15(18)19)11-12-9(13-14-11)5-10(16)17/h2-4H,5H2,1H3,(H,16,17)(H,12,13,14). The normalized spacial score (nSPS) is 10.2. The monoisotopic (exact) mass is 278 g/mol. The van der Waals surface area contributed by atoms with Gasteiger partial charge in [0.2, 0.25) is 0 Å². The second-order valence-corrected chi connectivity index (χ2v) is 3.82. The smallest absolute Gasteiger partial charge is 0.311 e. The molecule has 0 saturated heterocycles. The number of nitrogens with one attached hydrogen (secondary N) is 1. The van der Waals surface area contributed by atoms with Crippen LogP contribution < -0.4 is 4.74 Å². The zero-order valence-corrected chi connectivity index (χ0v) is 10.4. The minimum absolute atomic E-state index is 0.0806. The van der Waals surface area contributed by atoms with E-state index in [-0.39, 0.29) is 29.5 Å². The van der Waals surface area contributed by atoms with Crippen LogP contribution in [0.2, 0.25) is 0 Å². The lowest BCUT2D eigenvalue weighted by molar-refractivity contribution is -0.385. The first kappa shape index (κ1) is 13.5. The predicted molar refractivity (Wildman–Crippen MR) is 66.4 cm³/mol. The molecule has 0 aliphatic carbocycles. The zero-order valence-electron chi connectivity index (χ0n) is 10.4. The Labute approximate surface area is 112 Å². The van der Waals surface area contributed by atoms with Crippen molar-refractivity contribution >= 4 is 11.7 Å². The Balaban J connectivity index is 2.35. The van der Waals surface area contributed by atoms with Gasteiger partial charge in [-0.3, -0.25) is 20.0 Å². The molecule has 9 nitrogen and oxygen atoms in total. The van der Waals surface area contributed by atoms with Crippen molar-refractivity contribution in [3.63, 3.8) is 0 Å². The largest absolute Gasteiger partial charge is 0.490 e. The molecule has 0 aliphatic rings. The second-order valence-electron chi connectivity index (χ2n) is 3.82. The minimum Gasteiger partial charge on any atom is -0.490 e. The molecule has 1 heterocycles. The first-order valence-corrected chi connectivity index (χ1v) is 5.47. The molecule has 0 radical (unpaired) electrons. The van der Waals surface area contributed by atoms with E-state index < -0.39 is 10.9 Å². The Morgan fingerprint density at radius 1 is 1.55 bits per heavy atom. The number of hydrogen-bond donors (Lipinski definition) is 2. The fourth-order valence-electron chi connectivity index (χ4n) is 1.61. The number of rotatable bonds is 5. The number of methoxy groups -OCH3 is 1.